The summed E-state index contributed by atoms with van der Waals surface area (Å²) in [5, 5.41) is 18.9. The molecule has 1 heterocycles. The number of hydrogen-bond acceptors (Lipinski definition) is 4. The Hall–Kier alpha value is -2.35. The molecule has 1 aliphatic rings. The molecule has 0 saturated carbocycles. The second-order valence-corrected chi connectivity index (χ2v) is 5.76. The first-order valence-corrected chi connectivity index (χ1v) is 7.76. The summed E-state index contributed by atoms with van der Waals surface area (Å²) in [4.78, 5) is 2.27. The molecular formula is C19H20N2O2. The van der Waals surface area contributed by atoms with Crippen LogP contribution in [0.3, 0.4) is 0 Å². The smallest absolute Gasteiger partial charge is 0.124 e. The molecule has 1 aliphatic heterocycles. The van der Waals surface area contributed by atoms with Gasteiger partial charge in [-0.15, -0.1) is 0 Å². The first kappa shape index (κ1) is 15.5. The number of nitrogens with zero attached hydrogens (tertiary/aromatic N) is 2. The Kier molecular flexibility index (Phi) is 4.61. The van der Waals surface area contributed by atoms with Crippen molar-refractivity contribution in [3.05, 3.63) is 64.7 Å². The van der Waals surface area contributed by atoms with Crippen LogP contribution in [-0.2, 0) is 13.0 Å². The highest BCUT2D eigenvalue weighted by Crippen LogP contribution is 2.32. The summed E-state index contributed by atoms with van der Waals surface area (Å²) in [5.74, 6) is 0.722. The molecular weight excluding hydrogens is 288 g/mol. The minimum absolute atomic E-state index is 0.000277. The van der Waals surface area contributed by atoms with Crippen molar-refractivity contribution in [3.63, 3.8) is 0 Å². The van der Waals surface area contributed by atoms with E-state index in [2.05, 4.69) is 23.1 Å². The minimum Gasteiger partial charge on any atom is -0.496 e. The first-order valence-electron chi connectivity index (χ1n) is 7.76. The van der Waals surface area contributed by atoms with Gasteiger partial charge in [0.05, 0.1) is 31.4 Å². The van der Waals surface area contributed by atoms with Crippen molar-refractivity contribution in [2.45, 2.75) is 19.0 Å². The molecule has 0 fully saturated rings. The number of fused-ring (bicyclic) bond motifs is 1. The second kappa shape index (κ2) is 6.82. The van der Waals surface area contributed by atoms with Gasteiger partial charge in [-0.1, -0.05) is 30.3 Å². The van der Waals surface area contributed by atoms with Gasteiger partial charge in [-0.25, -0.2) is 0 Å². The summed E-state index contributed by atoms with van der Waals surface area (Å²) in [7, 11) is 1.62. The fourth-order valence-corrected chi connectivity index (χ4v) is 3.27. The van der Waals surface area contributed by atoms with E-state index >= 15 is 0 Å². The molecule has 2 aromatic carbocycles. The van der Waals surface area contributed by atoms with E-state index in [1.165, 1.54) is 11.1 Å². The van der Waals surface area contributed by atoms with Crippen LogP contribution in [0.4, 0.5) is 0 Å². The molecule has 3 rings (SSSR count). The molecule has 2 aromatic rings. The molecule has 4 heteroatoms. The van der Waals surface area contributed by atoms with E-state index in [0.29, 0.717) is 12.1 Å². The summed E-state index contributed by atoms with van der Waals surface area (Å²) in [6.07, 6.45) is 0.977. The number of aliphatic hydroxyl groups excluding tert-OH is 1. The number of benzene rings is 2. The Morgan fingerprint density at radius 3 is 2.87 bits per heavy atom. The molecule has 1 atom stereocenters. The van der Waals surface area contributed by atoms with Crippen molar-refractivity contribution in [2.75, 3.05) is 20.3 Å². The van der Waals surface area contributed by atoms with Crippen molar-refractivity contribution in [3.8, 4) is 11.8 Å². The molecule has 0 aliphatic carbocycles. The highest BCUT2D eigenvalue weighted by atomic mass is 16.5. The summed E-state index contributed by atoms with van der Waals surface area (Å²) in [6.45, 7) is 1.68. The van der Waals surface area contributed by atoms with E-state index in [9.17, 15) is 5.11 Å². The lowest BCUT2D eigenvalue weighted by atomic mass is 9.92. The third-order valence-corrected chi connectivity index (χ3v) is 4.49. The maximum Gasteiger partial charge on any atom is 0.124 e. The molecule has 0 bridgehead atoms. The molecule has 1 N–H and O–H groups in total. The van der Waals surface area contributed by atoms with Crippen molar-refractivity contribution in [1.29, 1.82) is 5.26 Å². The lowest BCUT2D eigenvalue weighted by molar-refractivity contribution is 0.107. The van der Waals surface area contributed by atoms with Crippen molar-refractivity contribution in [2.24, 2.45) is 0 Å². The third-order valence-electron chi connectivity index (χ3n) is 4.49. The van der Waals surface area contributed by atoms with Gasteiger partial charge in [-0.3, -0.25) is 4.90 Å². The van der Waals surface area contributed by atoms with E-state index in [4.69, 9.17) is 10.00 Å². The maximum absolute atomic E-state index is 9.88. The molecule has 0 saturated heterocycles. The lowest BCUT2D eigenvalue weighted by Crippen LogP contribution is -2.36. The average Bonchev–Trinajstić information content (AvgIpc) is 2.61. The summed E-state index contributed by atoms with van der Waals surface area (Å²) >= 11 is 0. The Morgan fingerprint density at radius 1 is 1.30 bits per heavy atom. The molecule has 118 valence electrons. The van der Waals surface area contributed by atoms with Gasteiger partial charge in [0.1, 0.15) is 5.75 Å². The molecule has 0 spiro atoms. The van der Waals surface area contributed by atoms with Crippen molar-refractivity contribution in [1.82, 2.24) is 4.90 Å². The highest BCUT2D eigenvalue weighted by Gasteiger charge is 2.27. The van der Waals surface area contributed by atoms with Crippen molar-refractivity contribution < 1.29 is 9.84 Å². The number of aliphatic hydroxyl groups is 1. The molecule has 23 heavy (non-hydrogen) atoms. The van der Waals surface area contributed by atoms with E-state index in [1.54, 1.807) is 13.2 Å². The summed E-state index contributed by atoms with van der Waals surface area (Å²) in [5.41, 5.74) is 4.14. The van der Waals surface area contributed by atoms with Crippen LogP contribution in [0, 0.1) is 11.3 Å². The fourth-order valence-electron chi connectivity index (χ4n) is 3.27. The monoisotopic (exact) mass is 308 g/mol. The Morgan fingerprint density at radius 2 is 2.13 bits per heavy atom. The SMILES string of the molecule is COc1cc(C#N)ccc1CN1CCc2ccccc2C1CO. The van der Waals surface area contributed by atoms with Crippen LogP contribution < -0.4 is 4.74 Å². The number of rotatable bonds is 4. The third kappa shape index (κ3) is 3.07. The van der Waals surface area contributed by atoms with Gasteiger partial charge in [0.15, 0.2) is 0 Å². The van der Waals surface area contributed by atoms with E-state index < -0.39 is 0 Å². The van der Waals surface area contributed by atoms with Crippen LogP contribution in [-0.4, -0.2) is 30.3 Å². The fraction of sp³-hybridized carbons (Fsp3) is 0.316. The summed E-state index contributed by atoms with van der Waals surface area (Å²) in [6, 6.07) is 15.9. The van der Waals surface area contributed by atoms with Crippen LogP contribution in [0.5, 0.6) is 5.75 Å². The zero-order chi connectivity index (χ0) is 16.2. The zero-order valence-corrected chi connectivity index (χ0v) is 13.2. The second-order valence-electron chi connectivity index (χ2n) is 5.76. The molecule has 0 radical (unpaired) electrons. The highest BCUT2D eigenvalue weighted by molar-refractivity contribution is 5.43. The maximum atomic E-state index is 9.88. The molecule has 1 unspecified atom stereocenters. The van der Waals surface area contributed by atoms with Gasteiger partial charge in [-0.2, -0.15) is 5.26 Å². The lowest BCUT2D eigenvalue weighted by Gasteiger charge is -2.36. The number of hydrogen-bond donors (Lipinski definition) is 1. The zero-order valence-electron chi connectivity index (χ0n) is 13.2. The number of methoxy groups -OCH3 is 1. The molecule has 0 amide bonds. The van der Waals surface area contributed by atoms with E-state index in [1.807, 2.05) is 24.3 Å². The van der Waals surface area contributed by atoms with Crippen molar-refractivity contribution >= 4 is 0 Å². The van der Waals surface area contributed by atoms with Crippen LogP contribution in [0.25, 0.3) is 0 Å². The number of nitriles is 1. The number of ether oxygens (including phenoxy) is 1. The first-order chi connectivity index (χ1) is 11.3. The van der Waals surface area contributed by atoms with Gasteiger partial charge in [0.2, 0.25) is 0 Å². The Bertz CT molecular complexity index is 736. The van der Waals surface area contributed by atoms with Gasteiger partial charge in [0.25, 0.3) is 0 Å². The quantitative estimate of drug-likeness (QED) is 0.943. The van der Waals surface area contributed by atoms with Gasteiger partial charge in [0, 0.05) is 18.7 Å². The molecule has 0 aromatic heterocycles. The van der Waals surface area contributed by atoms with E-state index in [-0.39, 0.29) is 12.6 Å². The topological polar surface area (TPSA) is 56.5 Å². The van der Waals surface area contributed by atoms with E-state index in [0.717, 1.165) is 24.3 Å². The van der Waals surface area contributed by atoms with Crippen LogP contribution in [0.1, 0.15) is 28.3 Å². The van der Waals surface area contributed by atoms with Gasteiger partial charge >= 0.3 is 0 Å². The normalized spacial score (nSPS) is 17.3. The minimum atomic E-state index is 0.000277. The Balaban J connectivity index is 1.87. The Labute approximate surface area is 136 Å². The van der Waals surface area contributed by atoms with Crippen LogP contribution in [0.15, 0.2) is 42.5 Å². The predicted octanol–water partition coefficient (Wildman–Crippen LogP) is 2.66. The summed E-state index contributed by atoms with van der Waals surface area (Å²) < 4.78 is 5.43. The average molecular weight is 308 g/mol. The van der Waals surface area contributed by atoms with Gasteiger partial charge < -0.3 is 9.84 Å². The predicted molar refractivity (Wildman–Crippen MR) is 88.1 cm³/mol. The van der Waals surface area contributed by atoms with Crippen LogP contribution in [0.2, 0.25) is 0 Å². The van der Waals surface area contributed by atoms with Crippen LogP contribution >= 0.6 is 0 Å². The molecule has 4 nitrogen and oxygen atoms in total. The largest absolute Gasteiger partial charge is 0.496 e. The van der Waals surface area contributed by atoms with Gasteiger partial charge in [-0.05, 0) is 29.7 Å². The standard InChI is InChI=1S/C19H20N2O2/c1-23-19-10-14(11-20)6-7-16(19)12-21-9-8-15-4-2-3-5-17(15)18(21)13-22/h2-7,10,18,22H,8-9,12-13H2,1H3.